The summed E-state index contributed by atoms with van der Waals surface area (Å²) in [7, 11) is 0. The van der Waals surface area contributed by atoms with Gasteiger partial charge in [0.1, 0.15) is 0 Å². The highest BCUT2D eigenvalue weighted by Gasteiger charge is 2.26. The van der Waals surface area contributed by atoms with Crippen LogP contribution in [0, 0.1) is 0 Å². The van der Waals surface area contributed by atoms with E-state index in [0.29, 0.717) is 6.17 Å². The Morgan fingerprint density at radius 1 is 1.57 bits per heavy atom. The predicted octanol–water partition coefficient (Wildman–Crippen LogP) is -0.916. The Balaban J connectivity index is 2.12. The molecule has 2 atom stereocenters. The lowest BCUT2D eigenvalue weighted by molar-refractivity contribution is 0.292. The molecule has 2 aliphatic heterocycles. The molecule has 0 aromatic rings. The molecule has 0 spiro atoms. The van der Waals surface area contributed by atoms with E-state index in [9.17, 15) is 0 Å². The van der Waals surface area contributed by atoms with E-state index >= 15 is 0 Å². The first-order valence-corrected chi connectivity index (χ1v) is 2.70. The van der Waals surface area contributed by atoms with Gasteiger partial charge in [-0.1, -0.05) is 0 Å². The van der Waals surface area contributed by atoms with Gasteiger partial charge in [-0.3, -0.25) is 5.32 Å². The third-order valence-corrected chi connectivity index (χ3v) is 1.55. The second-order valence-corrected chi connectivity index (χ2v) is 2.10. The minimum atomic E-state index is 0.597. The van der Waals surface area contributed by atoms with Gasteiger partial charge in [0.2, 0.25) is 0 Å². The topological polar surface area (TPSA) is 27.3 Å². The Kier molecular flexibility index (Phi) is 0.647. The summed E-state index contributed by atoms with van der Waals surface area (Å²) >= 11 is 0. The summed E-state index contributed by atoms with van der Waals surface area (Å²) in [6, 6.07) is 0. The zero-order valence-electron chi connectivity index (χ0n) is 4.15. The minimum absolute atomic E-state index is 0.597. The van der Waals surface area contributed by atoms with Crippen LogP contribution < -0.4 is 10.7 Å². The van der Waals surface area contributed by atoms with Gasteiger partial charge in [0.15, 0.2) is 0 Å². The number of rotatable bonds is 0. The van der Waals surface area contributed by atoms with Crippen LogP contribution in [0.25, 0.3) is 0 Å². The van der Waals surface area contributed by atoms with Crippen molar-refractivity contribution in [1.82, 2.24) is 15.8 Å². The molecule has 2 rings (SSSR count). The van der Waals surface area contributed by atoms with E-state index < -0.39 is 0 Å². The van der Waals surface area contributed by atoms with Crippen molar-refractivity contribution in [2.24, 2.45) is 0 Å². The average molecular weight is 99.1 g/mol. The fourth-order valence-electron chi connectivity index (χ4n) is 1.13. The molecule has 2 heterocycles. The molecule has 3 heteroatoms. The fraction of sp³-hybridized carbons (Fsp3) is 1.00. The van der Waals surface area contributed by atoms with Crippen LogP contribution in [0.15, 0.2) is 0 Å². The minimum Gasteiger partial charge on any atom is -0.287 e. The van der Waals surface area contributed by atoms with Crippen molar-refractivity contribution in [3.8, 4) is 0 Å². The molecule has 2 bridgehead atoms. The molecule has 0 saturated carbocycles. The van der Waals surface area contributed by atoms with Crippen molar-refractivity contribution >= 4 is 0 Å². The van der Waals surface area contributed by atoms with E-state index in [1.54, 1.807) is 0 Å². The van der Waals surface area contributed by atoms with Gasteiger partial charge in [-0.2, -0.15) is 0 Å². The molecule has 2 unspecified atom stereocenters. The van der Waals surface area contributed by atoms with Crippen LogP contribution in [-0.2, 0) is 0 Å². The SMILES string of the molecule is C1CN2CNC1N2. The largest absolute Gasteiger partial charge is 0.287 e. The maximum Gasteiger partial charge on any atom is 0.0729 e. The van der Waals surface area contributed by atoms with Gasteiger partial charge < -0.3 is 0 Å². The lowest BCUT2D eigenvalue weighted by atomic mass is 10.3. The first-order chi connectivity index (χ1) is 3.45. The van der Waals surface area contributed by atoms with Crippen molar-refractivity contribution in [1.29, 1.82) is 0 Å². The van der Waals surface area contributed by atoms with Crippen LogP contribution >= 0.6 is 0 Å². The summed E-state index contributed by atoms with van der Waals surface area (Å²) in [5.41, 5.74) is 3.25. The van der Waals surface area contributed by atoms with E-state index in [1.165, 1.54) is 13.0 Å². The molecule has 0 amide bonds. The lowest BCUT2D eigenvalue weighted by Gasteiger charge is -2.08. The molecule has 2 saturated heterocycles. The Morgan fingerprint density at radius 3 is 2.71 bits per heavy atom. The molecule has 0 radical (unpaired) electrons. The summed E-state index contributed by atoms with van der Waals surface area (Å²) in [6.07, 6.45) is 1.86. The van der Waals surface area contributed by atoms with Crippen LogP contribution in [0.5, 0.6) is 0 Å². The van der Waals surface area contributed by atoms with Gasteiger partial charge in [0.25, 0.3) is 0 Å². The highest BCUT2D eigenvalue weighted by atomic mass is 15.6. The Morgan fingerprint density at radius 2 is 2.57 bits per heavy atom. The monoisotopic (exact) mass is 99.1 g/mol. The maximum absolute atomic E-state index is 3.27. The molecule has 2 fully saturated rings. The molecular formula is C4H9N3. The quantitative estimate of drug-likeness (QED) is 0.411. The zero-order valence-corrected chi connectivity index (χ0v) is 4.15. The standard InChI is InChI=1S/C4H9N3/c1-2-7-3-5-4(1)6-7/h4-6H,1-3H2. The number of hydrogen-bond donors (Lipinski definition) is 2. The summed E-state index contributed by atoms with van der Waals surface area (Å²) in [4.78, 5) is 0. The van der Waals surface area contributed by atoms with Crippen LogP contribution in [-0.4, -0.2) is 24.4 Å². The number of fused-ring (bicyclic) bond motifs is 2. The van der Waals surface area contributed by atoms with Gasteiger partial charge in [-0.25, -0.2) is 10.4 Å². The summed E-state index contributed by atoms with van der Waals surface area (Å²) in [5, 5.41) is 5.47. The van der Waals surface area contributed by atoms with Crippen LogP contribution in [0.1, 0.15) is 6.42 Å². The van der Waals surface area contributed by atoms with E-state index in [-0.39, 0.29) is 0 Å². The van der Waals surface area contributed by atoms with Gasteiger partial charge in [-0.05, 0) is 6.42 Å². The Bertz CT molecular complexity index is 65.0. The van der Waals surface area contributed by atoms with Crippen molar-refractivity contribution < 1.29 is 0 Å². The molecule has 0 aromatic heterocycles. The van der Waals surface area contributed by atoms with E-state index in [2.05, 4.69) is 15.8 Å². The van der Waals surface area contributed by atoms with Crippen molar-refractivity contribution in [2.75, 3.05) is 13.2 Å². The zero-order chi connectivity index (χ0) is 4.69. The first kappa shape index (κ1) is 3.83. The van der Waals surface area contributed by atoms with E-state index in [0.717, 1.165) is 6.67 Å². The summed E-state index contributed by atoms with van der Waals surface area (Å²) in [6.45, 7) is 2.25. The number of hydrogen-bond acceptors (Lipinski definition) is 3. The normalized spacial score (nSPS) is 48.0. The fourth-order valence-corrected chi connectivity index (χ4v) is 1.13. The van der Waals surface area contributed by atoms with Gasteiger partial charge in [0, 0.05) is 6.54 Å². The van der Waals surface area contributed by atoms with Crippen molar-refractivity contribution in [3.05, 3.63) is 0 Å². The molecule has 2 N–H and O–H groups in total. The van der Waals surface area contributed by atoms with Gasteiger partial charge in [0.05, 0.1) is 12.8 Å². The summed E-state index contributed by atoms with van der Waals surface area (Å²) in [5.74, 6) is 0. The van der Waals surface area contributed by atoms with Gasteiger partial charge in [-0.15, -0.1) is 0 Å². The molecular weight excluding hydrogens is 90.1 g/mol. The van der Waals surface area contributed by atoms with Crippen LogP contribution in [0.4, 0.5) is 0 Å². The van der Waals surface area contributed by atoms with Crippen LogP contribution in [0.2, 0.25) is 0 Å². The molecule has 0 aromatic carbocycles. The molecule has 40 valence electrons. The second-order valence-electron chi connectivity index (χ2n) is 2.10. The third-order valence-electron chi connectivity index (χ3n) is 1.55. The average Bonchev–Trinajstić information content (AvgIpc) is 2.22. The van der Waals surface area contributed by atoms with Crippen LogP contribution in [0.3, 0.4) is 0 Å². The number of nitrogens with zero attached hydrogens (tertiary/aromatic N) is 1. The second kappa shape index (κ2) is 1.18. The number of hydrazine groups is 1. The Labute approximate surface area is 42.7 Å². The van der Waals surface area contributed by atoms with Gasteiger partial charge >= 0.3 is 0 Å². The highest BCUT2D eigenvalue weighted by molar-refractivity contribution is 4.78. The predicted molar refractivity (Wildman–Crippen MR) is 26.2 cm³/mol. The van der Waals surface area contributed by atoms with E-state index in [1.807, 2.05) is 0 Å². The van der Waals surface area contributed by atoms with Crippen molar-refractivity contribution in [2.45, 2.75) is 12.6 Å². The first-order valence-electron chi connectivity index (χ1n) is 2.70. The van der Waals surface area contributed by atoms with Crippen molar-refractivity contribution in [3.63, 3.8) is 0 Å². The van der Waals surface area contributed by atoms with E-state index in [4.69, 9.17) is 0 Å². The lowest BCUT2D eigenvalue weighted by Crippen LogP contribution is -2.29. The Hall–Kier alpha value is -0.120. The molecule has 3 nitrogen and oxygen atoms in total. The smallest absolute Gasteiger partial charge is 0.0729 e. The maximum atomic E-state index is 3.27. The molecule has 0 aliphatic carbocycles. The highest BCUT2D eigenvalue weighted by Crippen LogP contribution is 2.06. The third kappa shape index (κ3) is 0.459. The summed E-state index contributed by atoms with van der Waals surface area (Å²) < 4.78 is 0. The number of nitrogens with one attached hydrogen (secondary N) is 2. The molecule has 2 aliphatic rings. The molecule has 7 heavy (non-hydrogen) atoms.